The Bertz CT molecular complexity index is 376. The second-order valence-electron chi connectivity index (χ2n) is 4.91. The van der Waals surface area contributed by atoms with Crippen LogP contribution in [0.1, 0.15) is 33.6 Å². The number of hydrogen-bond donors (Lipinski definition) is 1. The Hall–Kier alpha value is -1.29. The van der Waals surface area contributed by atoms with E-state index in [-0.39, 0.29) is 6.10 Å². The Labute approximate surface area is 109 Å². The SMILES string of the molecule is CCOC1CC(Nc2ncccc2OC(C)C)C1. The van der Waals surface area contributed by atoms with Crippen molar-refractivity contribution in [2.75, 3.05) is 11.9 Å². The van der Waals surface area contributed by atoms with Crippen LogP contribution in [0.5, 0.6) is 5.75 Å². The minimum absolute atomic E-state index is 0.160. The summed E-state index contributed by atoms with van der Waals surface area (Å²) in [6.07, 6.45) is 4.45. The smallest absolute Gasteiger partial charge is 0.168 e. The van der Waals surface area contributed by atoms with Crippen LogP contribution in [-0.4, -0.2) is 29.8 Å². The normalized spacial score (nSPS) is 22.7. The molecular formula is C14H22N2O2. The fourth-order valence-corrected chi connectivity index (χ4v) is 2.10. The van der Waals surface area contributed by atoms with Gasteiger partial charge in [0.05, 0.1) is 12.2 Å². The van der Waals surface area contributed by atoms with Crippen molar-refractivity contribution in [3.63, 3.8) is 0 Å². The van der Waals surface area contributed by atoms with Gasteiger partial charge in [0.2, 0.25) is 0 Å². The van der Waals surface area contributed by atoms with E-state index in [0.29, 0.717) is 12.1 Å². The van der Waals surface area contributed by atoms with Crippen LogP contribution in [0.25, 0.3) is 0 Å². The summed E-state index contributed by atoms with van der Waals surface area (Å²) in [6.45, 7) is 6.87. The minimum Gasteiger partial charge on any atom is -0.487 e. The molecule has 1 heterocycles. The van der Waals surface area contributed by atoms with Crippen molar-refractivity contribution in [2.24, 2.45) is 0 Å². The van der Waals surface area contributed by atoms with E-state index in [0.717, 1.165) is 31.0 Å². The van der Waals surface area contributed by atoms with Gasteiger partial charge in [0.1, 0.15) is 0 Å². The van der Waals surface area contributed by atoms with Crippen LogP contribution in [0, 0.1) is 0 Å². The maximum atomic E-state index is 5.73. The molecule has 0 spiro atoms. The van der Waals surface area contributed by atoms with Gasteiger partial charge in [-0.2, -0.15) is 0 Å². The molecule has 0 unspecified atom stereocenters. The molecule has 100 valence electrons. The van der Waals surface area contributed by atoms with Crippen LogP contribution in [0.15, 0.2) is 18.3 Å². The van der Waals surface area contributed by atoms with Gasteiger partial charge in [0, 0.05) is 18.8 Å². The predicted octanol–water partition coefficient (Wildman–Crippen LogP) is 2.85. The number of pyridine rings is 1. The number of rotatable bonds is 6. The molecule has 0 saturated heterocycles. The van der Waals surface area contributed by atoms with Crippen molar-refractivity contribution >= 4 is 5.82 Å². The highest BCUT2D eigenvalue weighted by Gasteiger charge is 2.30. The van der Waals surface area contributed by atoms with Gasteiger partial charge in [0.15, 0.2) is 11.6 Å². The largest absolute Gasteiger partial charge is 0.487 e. The van der Waals surface area contributed by atoms with Crippen LogP contribution in [0.3, 0.4) is 0 Å². The maximum absolute atomic E-state index is 5.73. The zero-order valence-electron chi connectivity index (χ0n) is 11.3. The van der Waals surface area contributed by atoms with E-state index in [1.54, 1.807) is 6.20 Å². The highest BCUT2D eigenvalue weighted by atomic mass is 16.5. The molecule has 1 N–H and O–H groups in total. The third kappa shape index (κ3) is 3.35. The number of nitrogens with one attached hydrogen (secondary N) is 1. The number of hydrogen-bond acceptors (Lipinski definition) is 4. The Morgan fingerprint density at radius 2 is 2.22 bits per heavy atom. The number of nitrogens with zero attached hydrogens (tertiary/aromatic N) is 1. The van der Waals surface area contributed by atoms with Crippen molar-refractivity contribution in [3.05, 3.63) is 18.3 Å². The molecule has 0 aliphatic heterocycles. The molecular weight excluding hydrogens is 228 g/mol. The van der Waals surface area contributed by atoms with Gasteiger partial charge < -0.3 is 14.8 Å². The first-order chi connectivity index (χ1) is 8.69. The molecule has 1 fully saturated rings. The van der Waals surface area contributed by atoms with Gasteiger partial charge in [-0.25, -0.2) is 4.98 Å². The molecule has 1 aliphatic carbocycles. The highest BCUT2D eigenvalue weighted by Crippen LogP contribution is 2.30. The van der Waals surface area contributed by atoms with Gasteiger partial charge in [0.25, 0.3) is 0 Å². The van der Waals surface area contributed by atoms with Gasteiger partial charge >= 0.3 is 0 Å². The van der Waals surface area contributed by atoms with Gasteiger partial charge in [-0.15, -0.1) is 0 Å². The minimum atomic E-state index is 0.160. The first-order valence-corrected chi connectivity index (χ1v) is 6.68. The van der Waals surface area contributed by atoms with E-state index in [1.807, 2.05) is 32.9 Å². The molecule has 1 aromatic rings. The third-order valence-corrected chi connectivity index (χ3v) is 2.97. The average Bonchev–Trinajstić information content (AvgIpc) is 2.28. The molecule has 1 aliphatic rings. The standard InChI is InChI=1S/C14H22N2O2/c1-4-17-12-8-11(9-12)16-14-13(18-10(2)3)6-5-7-15-14/h5-7,10-12H,4,8-9H2,1-3H3,(H,15,16). The topological polar surface area (TPSA) is 43.4 Å². The lowest BCUT2D eigenvalue weighted by molar-refractivity contribution is 0.00285. The molecule has 4 heteroatoms. The molecule has 0 amide bonds. The highest BCUT2D eigenvalue weighted by molar-refractivity contribution is 5.50. The average molecular weight is 250 g/mol. The zero-order chi connectivity index (χ0) is 13.0. The van der Waals surface area contributed by atoms with Crippen LogP contribution in [-0.2, 0) is 4.74 Å². The van der Waals surface area contributed by atoms with Crippen molar-refractivity contribution in [3.8, 4) is 5.75 Å². The van der Waals surface area contributed by atoms with Gasteiger partial charge in [-0.3, -0.25) is 0 Å². The summed E-state index contributed by atoms with van der Waals surface area (Å²) in [7, 11) is 0. The van der Waals surface area contributed by atoms with Crippen molar-refractivity contribution in [1.82, 2.24) is 4.98 Å². The molecule has 0 radical (unpaired) electrons. The molecule has 1 aromatic heterocycles. The van der Waals surface area contributed by atoms with E-state index in [9.17, 15) is 0 Å². The Morgan fingerprint density at radius 3 is 2.89 bits per heavy atom. The van der Waals surface area contributed by atoms with Crippen LogP contribution >= 0.6 is 0 Å². The summed E-state index contributed by atoms with van der Waals surface area (Å²) in [6, 6.07) is 4.30. The molecule has 0 atom stereocenters. The van der Waals surface area contributed by atoms with E-state index in [1.165, 1.54) is 0 Å². The van der Waals surface area contributed by atoms with Crippen LogP contribution < -0.4 is 10.1 Å². The number of anilines is 1. The van der Waals surface area contributed by atoms with E-state index in [2.05, 4.69) is 10.3 Å². The van der Waals surface area contributed by atoms with E-state index < -0.39 is 0 Å². The monoisotopic (exact) mass is 250 g/mol. The van der Waals surface area contributed by atoms with Gasteiger partial charge in [-0.05, 0) is 45.7 Å². The van der Waals surface area contributed by atoms with Crippen molar-refractivity contribution in [2.45, 2.75) is 51.9 Å². The number of aromatic nitrogens is 1. The fraction of sp³-hybridized carbons (Fsp3) is 0.643. The summed E-state index contributed by atoms with van der Waals surface area (Å²) >= 11 is 0. The zero-order valence-corrected chi connectivity index (χ0v) is 11.3. The first-order valence-electron chi connectivity index (χ1n) is 6.68. The molecule has 0 bridgehead atoms. The first kappa shape index (κ1) is 13.1. The summed E-state index contributed by atoms with van der Waals surface area (Å²) < 4.78 is 11.3. The lowest BCUT2D eigenvalue weighted by Gasteiger charge is -2.36. The Kier molecular flexibility index (Phi) is 4.42. The summed E-state index contributed by atoms with van der Waals surface area (Å²) in [4.78, 5) is 4.35. The molecule has 1 saturated carbocycles. The second kappa shape index (κ2) is 6.05. The number of ether oxygens (including phenoxy) is 2. The molecule has 4 nitrogen and oxygen atoms in total. The van der Waals surface area contributed by atoms with E-state index >= 15 is 0 Å². The van der Waals surface area contributed by atoms with Crippen LogP contribution in [0.4, 0.5) is 5.82 Å². The summed E-state index contributed by atoms with van der Waals surface area (Å²) in [5.41, 5.74) is 0. The Balaban J connectivity index is 1.90. The molecule has 2 rings (SSSR count). The quantitative estimate of drug-likeness (QED) is 0.843. The van der Waals surface area contributed by atoms with Gasteiger partial charge in [-0.1, -0.05) is 0 Å². The van der Waals surface area contributed by atoms with E-state index in [4.69, 9.17) is 9.47 Å². The van der Waals surface area contributed by atoms with Crippen LogP contribution in [0.2, 0.25) is 0 Å². The molecule has 18 heavy (non-hydrogen) atoms. The fourth-order valence-electron chi connectivity index (χ4n) is 2.10. The molecule has 0 aromatic carbocycles. The third-order valence-electron chi connectivity index (χ3n) is 2.97. The predicted molar refractivity (Wildman–Crippen MR) is 72.1 cm³/mol. The van der Waals surface area contributed by atoms with Crippen molar-refractivity contribution < 1.29 is 9.47 Å². The maximum Gasteiger partial charge on any atom is 0.168 e. The summed E-state index contributed by atoms with van der Waals surface area (Å²) in [5, 5.41) is 3.42. The lowest BCUT2D eigenvalue weighted by atomic mass is 9.89. The Morgan fingerprint density at radius 1 is 1.44 bits per heavy atom. The lowest BCUT2D eigenvalue weighted by Crippen LogP contribution is -2.41. The van der Waals surface area contributed by atoms with Crippen molar-refractivity contribution in [1.29, 1.82) is 0 Å². The summed E-state index contributed by atoms with van der Waals surface area (Å²) in [5.74, 6) is 1.67. The second-order valence-corrected chi connectivity index (χ2v) is 4.91.